The van der Waals surface area contributed by atoms with Gasteiger partial charge in [-0.1, -0.05) is 0 Å². The summed E-state index contributed by atoms with van der Waals surface area (Å²) in [5.74, 6) is -0.141. The summed E-state index contributed by atoms with van der Waals surface area (Å²) in [7, 11) is 1.62. The minimum atomic E-state index is -0.136. The summed E-state index contributed by atoms with van der Waals surface area (Å²) < 4.78 is 15.1. The summed E-state index contributed by atoms with van der Waals surface area (Å²) in [6.07, 6.45) is 2.53. The van der Waals surface area contributed by atoms with E-state index < -0.39 is 0 Å². The van der Waals surface area contributed by atoms with Crippen molar-refractivity contribution in [2.75, 3.05) is 33.5 Å². The number of methoxy groups -OCH3 is 1. The van der Waals surface area contributed by atoms with Crippen LogP contribution in [0.25, 0.3) is 0 Å². The highest BCUT2D eigenvalue weighted by Gasteiger charge is 2.28. The first-order valence-corrected chi connectivity index (χ1v) is 5.73. The number of carbonyl (C=O) groups excluding carboxylic acids is 1. The second kappa shape index (κ2) is 7.60. The Morgan fingerprint density at radius 3 is 2.62 bits per heavy atom. The highest BCUT2D eigenvalue weighted by Crippen LogP contribution is 2.24. The Labute approximate surface area is 96.2 Å². The van der Waals surface area contributed by atoms with Gasteiger partial charge in [-0.3, -0.25) is 4.79 Å². The summed E-state index contributed by atoms with van der Waals surface area (Å²) in [6.45, 7) is 1.83. The van der Waals surface area contributed by atoms with Crippen LogP contribution in [-0.4, -0.2) is 45.5 Å². The quantitative estimate of drug-likeness (QED) is 0.504. The molecule has 0 aliphatic heterocycles. The largest absolute Gasteiger partial charge is 0.463 e. The SMILES string of the molecule is COCCOCCOC(=O)[C@@H]1CC[C@H](N)C1. The van der Waals surface area contributed by atoms with Crippen LogP contribution in [0.5, 0.6) is 0 Å². The summed E-state index contributed by atoms with van der Waals surface area (Å²) in [4.78, 5) is 11.5. The lowest BCUT2D eigenvalue weighted by Gasteiger charge is -2.10. The van der Waals surface area contributed by atoms with Gasteiger partial charge in [-0.15, -0.1) is 0 Å². The van der Waals surface area contributed by atoms with Gasteiger partial charge in [0.05, 0.1) is 25.7 Å². The maximum absolute atomic E-state index is 11.5. The molecule has 1 saturated carbocycles. The molecule has 5 nitrogen and oxygen atoms in total. The zero-order valence-corrected chi connectivity index (χ0v) is 9.81. The maximum Gasteiger partial charge on any atom is 0.309 e. The van der Waals surface area contributed by atoms with Gasteiger partial charge in [0.1, 0.15) is 6.61 Å². The second-order valence-corrected chi connectivity index (χ2v) is 4.04. The molecule has 0 bridgehead atoms. The van der Waals surface area contributed by atoms with Crippen LogP contribution in [0.3, 0.4) is 0 Å². The number of hydrogen-bond donors (Lipinski definition) is 1. The Balaban J connectivity index is 1.98. The molecular weight excluding hydrogens is 210 g/mol. The van der Waals surface area contributed by atoms with Gasteiger partial charge in [0, 0.05) is 13.2 Å². The zero-order chi connectivity index (χ0) is 11.8. The van der Waals surface area contributed by atoms with Crippen molar-refractivity contribution in [3.05, 3.63) is 0 Å². The first kappa shape index (κ1) is 13.4. The molecule has 94 valence electrons. The van der Waals surface area contributed by atoms with Crippen LogP contribution in [0.2, 0.25) is 0 Å². The first-order valence-electron chi connectivity index (χ1n) is 5.73. The van der Waals surface area contributed by atoms with Crippen LogP contribution in [0.1, 0.15) is 19.3 Å². The third kappa shape index (κ3) is 4.92. The maximum atomic E-state index is 11.5. The Morgan fingerprint density at radius 2 is 2.00 bits per heavy atom. The van der Waals surface area contributed by atoms with E-state index in [4.69, 9.17) is 19.9 Å². The summed E-state index contributed by atoms with van der Waals surface area (Å²) in [5, 5.41) is 0. The highest BCUT2D eigenvalue weighted by molar-refractivity contribution is 5.72. The van der Waals surface area contributed by atoms with Crippen LogP contribution < -0.4 is 5.73 Å². The van der Waals surface area contributed by atoms with Gasteiger partial charge in [-0.2, -0.15) is 0 Å². The molecule has 5 heteroatoms. The molecule has 1 fully saturated rings. The van der Waals surface area contributed by atoms with Gasteiger partial charge in [0.25, 0.3) is 0 Å². The molecule has 1 aliphatic rings. The van der Waals surface area contributed by atoms with Crippen molar-refractivity contribution in [1.29, 1.82) is 0 Å². The Kier molecular flexibility index (Phi) is 6.37. The summed E-state index contributed by atoms with van der Waals surface area (Å²) in [5.41, 5.74) is 5.73. The van der Waals surface area contributed by atoms with E-state index in [1.54, 1.807) is 7.11 Å². The third-order valence-electron chi connectivity index (χ3n) is 2.71. The predicted octanol–water partition coefficient (Wildman–Crippen LogP) is 0.320. The third-order valence-corrected chi connectivity index (χ3v) is 2.71. The molecule has 16 heavy (non-hydrogen) atoms. The van der Waals surface area contributed by atoms with Crippen molar-refractivity contribution in [1.82, 2.24) is 0 Å². The zero-order valence-electron chi connectivity index (χ0n) is 9.81. The molecule has 0 aromatic carbocycles. The molecule has 0 spiro atoms. The average Bonchev–Trinajstić information content (AvgIpc) is 2.70. The molecule has 0 aromatic rings. The van der Waals surface area contributed by atoms with Crippen molar-refractivity contribution >= 4 is 5.97 Å². The minimum absolute atomic E-state index is 0.00558. The van der Waals surface area contributed by atoms with Crippen LogP contribution in [0.4, 0.5) is 0 Å². The van der Waals surface area contributed by atoms with E-state index in [2.05, 4.69) is 0 Å². The Bertz CT molecular complexity index is 210. The van der Waals surface area contributed by atoms with Gasteiger partial charge in [0.15, 0.2) is 0 Å². The van der Waals surface area contributed by atoms with Crippen LogP contribution >= 0.6 is 0 Å². The fraction of sp³-hybridized carbons (Fsp3) is 0.909. The lowest BCUT2D eigenvalue weighted by molar-refractivity contribution is -0.150. The van der Waals surface area contributed by atoms with E-state index in [-0.39, 0.29) is 17.9 Å². The number of nitrogens with two attached hydrogens (primary N) is 1. The van der Waals surface area contributed by atoms with E-state index in [0.717, 1.165) is 19.3 Å². The van der Waals surface area contributed by atoms with E-state index in [1.807, 2.05) is 0 Å². The van der Waals surface area contributed by atoms with Crippen LogP contribution in [0.15, 0.2) is 0 Å². The van der Waals surface area contributed by atoms with Crippen LogP contribution in [-0.2, 0) is 19.0 Å². The molecule has 2 N–H and O–H groups in total. The molecule has 0 unspecified atom stereocenters. The Hall–Kier alpha value is -0.650. The van der Waals surface area contributed by atoms with Crippen LogP contribution in [0, 0.1) is 5.92 Å². The van der Waals surface area contributed by atoms with Gasteiger partial charge in [-0.05, 0) is 19.3 Å². The monoisotopic (exact) mass is 231 g/mol. The number of hydrogen-bond acceptors (Lipinski definition) is 5. The second-order valence-electron chi connectivity index (χ2n) is 4.04. The van der Waals surface area contributed by atoms with Crippen molar-refractivity contribution in [3.63, 3.8) is 0 Å². The molecule has 0 saturated heterocycles. The minimum Gasteiger partial charge on any atom is -0.463 e. The fourth-order valence-corrected chi connectivity index (χ4v) is 1.79. The van der Waals surface area contributed by atoms with Crippen molar-refractivity contribution in [2.45, 2.75) is 25.3 Å². The molecule has 1 rings (SSSR count). The standard InChI is InChI=1S/C11H21NO4/c1-14-4-5-15-6-7-16-11(13)9-2-3-10(12)8-9/h9-10H,2-8,12H2,1H3/t9-,10+/m1/s1. The highest BCUT2D eigenvalue weighted by atomic mass is 16.6. The average molecular weight is 231 g/mol. The first-order chi connectivity index (χ1) is 7.74. The van der Waals surface area contributed by atoms with Crippen molar-refractivity contribution < 1.29 is 19.0 Å². The van der Waals surface area contributed by atoms with E-state index in [9.17, 15) is 4.79 Å². The molecule has 0 radical (unpaired) electrons. The van der Waals surface area contributed by atoms with E-state index in [0.29, 0.717) is 26.4 Å². The number of ether oxygens (including phenoxy) is 3. The normalized spacial score (nSPS) is 24.6. The number of rotatable bonds is 7. The van der Waals surface area contributed by atoms with Crippen molar-refractivity contribution in [2.24, 2.45) is 11.7 Å². The van der Waals surface area contributed by atoms with Gasteiger partial charge in [0.2, 0.25) is 0 Å². The molecule has 1 aliphatic carbocycles. The molecular formula is C11H21NO4. The molecule has 0 heterocycles. The topological polar surface area (TPSA) is 70.8 Å². The number of esters is 1. The fourth-order valence-electron chi connectivity index (χ4n) is 1.79. The van der Waals surface area contributed by atoms with Gasteiger partial charge >= 0.3 is 5.97 Å². The van der Waals surface area contributed by atoms with E-state index in [1.165, 1.54) is 0 Å². The molecule has 2 atom stereocenters. The van der Waals surface area contributed by atoms with Gasteiger partial charge < -0.3 is 19.9 Å². The smallest absolute Gasteiger partial charge is 0.309 e. The van der Waals surface area contributed by atoms with E-state index >= 15 is 0 Å². The molecule has 0 amide bonds. The van der Waals surface area contributed by atoms with Gasteiger partial charge in [-0.25, -0.2) is 0 Å². The predicted molar refractivity (Wildman–Crippen MR) is 59.0 cm³/mol. The van der Waals surface area contributed by atoms with Crippen molar-refractivity contribution in [3.8, 4) is 0 Å². The lowest BCUT2D eigenvalue weighted by Crippen LogP contribution is -2.21. The lowest BCUT2D eigenvalue weighted by atomic mass is 10.1. The Morgan fingerprint density at radius 1 is 1.25 bits per heavy atom. The summed E-state index contributed by atoms with van der Waals surface area (Å²) in [6, 6.07) is 0.163. The summed E-state index contributed by atoms with van der Waals surface area (Å²) >= 11 is 0. The number of carbonyl (C=O) groups is 1. The molecule has 0 aromatic heterocycles.